The SMILES string of the molecule is CCCCCCCCCCCCC/C=C/[C@@H](O)[C@H](CO[C@@H]1OC(CO)[C@@H](O[C@@H]2OC(CO)[C@H](O[C@@H]3OC(CO)[C@H](O)[C@H](O[C@@H]4OC(CO)[C@H](O)[C@H](O[C@@H]5OC(CO)[C@@H](O)[C@H](O[C@H]6OC(C)[C@@H](O)C(O)[C@@H]6O)C5NC(C)=O)C4O)C3NC(C)=O)[C@H](O[C@]3(C(=O)O)CC(O)[C@@H](NC(C)=O)C([C@H](O)[C@H](O)CO)O3)C2O)[C@H](O)C1O)NC(=O)CCCCCCCCCCCCCCCCCCCCCCCCC. The van der Waals surface area contributed by atoms with Gasteiger partial charge >= 0.3 is 5.97 Å². The van der Waals surface area contributed by atoms with Gasteiger partial charge in [0.2, 0.25) is 23.6 Å². The number of allylic oxidation sites excluding steroid dienone is 1. The third kappa shape index (κ3) is 37.2. The normalized spacial score (nSPS) is 36.0. The van der Waals surface area contributed by atoms with Crippen molar-refractivity contribution in [3.63, 3.8) is 0 Å². The van der Waals surface area contributed by atoms with Gasteiger partial charge in [-0.05, 0) is 26.2 Å². The largest absolute Gasteiger partial charge is 0.477 e. The number of ether oxygens (including phenoxy) is 14. The molecular formula is C95H170N4O40. The Morgan fingerprint density at radius 1 is 0.388 bits per heavy atom. The number of carboxylic acids is 1. The molecule has 7 aliphatic heterocycles. The van der Waals surface area contributed by atoms with Crippen molar-refractivity contribution in [1.29, 1.82) is 0 Å². The molecule has 0 aliphatic carbocycles. The highest BCUT2D eigenvalue weighted by Crippen LogP contribution is 2.43. The van der Waals surface area contributed by atoms with Crippen LogP contribution in [0.15, 0.2) is 12.2 Å². The first-order valence-electron chi connectivity index (χ1n) is 51.0. The first kappa shape index (κ1) is 122. The molecule has 44 heteroatoms. The van der Waals surface area contributed by atoms with E-state index in [1.165, 1.54) is 161 Å². The summed E-state index contributed by atoms with van der Waals surface area (Å²) in [7, 11) is 0. The molecule has 139 heavy (non-hydrogen) atoms. The average molecular weight is 2010 g/mol. The first-order valence-corrected chi connectivity index (χ1v) is 51.0. The lowest BCUT2D eigenvalue weighted by Crippen LogP contribution is -2.72. The lowest BCUT2D eigenvalue weighted by atomic mass is 9.88. The van der Waals surface area contributed by atoms with Gasteiger partial charge in [0, 0.05) is 33.6 Å². The molecule has 7 heterocycles. The van der Waals surface area contributed by atoms with Gasteiger partial charge in [-0.3, -0.25) is 19.2 Å². The summed E-state index contributed by atoms with van der Waals surface area (Å²) in [5, 5.41) is 250. The van der Waals surface area contributed by atoms with E-state index >= 15 is 0 Å². The minimum absolute atomic E-state index is 0.101. The van der Waals surface area contributed by atoms with Gasteiger partial charge in [-0.15, -0.1) is 0 Å². The Labute approximate surface area is 815 Å². The van der Waals surface area contributed by atoms with Crippen molar-refractivity contribution in [3.05, 3.63) is 12.2 Å². The topological polar surface area (TPSA) is 688 Å². The van der Waals surface area contributed by atoms with Gasteiger partial charge in [0.05, 0.1) is 76.6 Å². The minimum Gasteiger partial charge on any atom is -0.477 e. The predicted octanol–water partition coefficient (Wildman–Crippen LogP) is -1.10. The van der Waals surface area contributed by atoms with Crippen molar-refractivity contribution < 1.29 is 198 Å². The molecule has 810 valence electrons. The second-order valence-electron chi connectivity index (χ2n) is 38.4. The van der Waals surface area contributed by atoms with Crippen molar-refractivity contribution in [1.82, 2.24) is 21.3 Å². The molecule has 0 bridgehead atoms. The number of aliphatic carboxylic acids is 1. The fourth-order valence-electron chi connectivity index (χ4n) is 19.0. The van der Waals surface area contributed by atoms with E-state index in [1.54, 1.807) is 6.08 Å². The highest BCUT2D eigenvalue weighted by Gasteiger charge is 2.64. The van der Waals surface area contributed by atoms with E-state index in [0.29, 0.717) is 12.8 Å². The molecular weight excluding hydrogens is 1840 g/mol. The van der Waals surface area contributed by atoms with E-state index in [0.717, 1.165) is 85.0 Å². The Morgan fingerprint density at radius 2 is 0.748 bits per heavy atom. The summed E-state index contributed by atoms with van der Waals surface area (Å²) in [4.78, 5) is 67.2. The fraction of sp³-hybridized carbons (Fsp3) is 0.926. The number of carbonyl (C=O) groups excluding carboxylic acids is 4. The monoisotopic (exact) mass is 2010 g/mol. The molecule has 0 aromatic carbocycles. The molecule has 0 spiro atoms. The highest BCUT2D eigenvalue weighted by atomic mass is 16.8. The number of rotatable bonds is 66. The molecule has 25 N–H and O–H groups in total. The average Bonchev–Trinajstić information content (AvgIpc) is 0.744. The van der Waals surface area contributed by atoms with E-state index < -0.39 is 315 Å². The first-order chi connectivity index (χ1) is 66.6. The van der Waals surface area contributed by atoms with Crippen molar-refractivity contribution in [2.75, 3.05) is 46.2 Å². The molecule has 38 atom stereocenters. The van der Waals surface area contributed by atoms with E-state index in [9.17, 15) is 131 Å². The Kier molecular flexibility index (Phi) is 56.1. The number of aliphatic hydroxyl groups excluding tert-OH is 20. The molecule has 7 rings (SSSR count). The number of unbranched alkanes of at least 4 members (excludes halogenated alkanes) is 33. The Bertz CT molecular complexity index is 3430. The van der Waals surface area contributed by atoms with Gasteiger partial charge < -0.3 is 195 Å². The predicted molar refractivity (Wildman–Crippen MR) is 491 cm³/mol. The molecule has 7 saturated heterocycles. The molecule has 14 unspecified atom stereocenters. The van der Waals surface area contributed by atoms with E-state index in [4.69, 9.17) is 66.3 Å². The molecule has 44 nitrogen and oxygen atoms in total. The molecule has 0 radical (unpaired) electrons. The second-order valence-corrected chi connectivity index (χ2v) is 38.4. The van der Waals surface area contributed by atoms with Gasteiger partial charge in [-0.1, -0.05) is 231 Å². The maximum absolute atomic E-state index is 14.1. The standard InChI is InChI=1S/C95H170N4O40/c1-7-9-11-13-15-17-19-21-22-23-24-25-26-27-28-29-30-32-34-36-38-40-42-44-66(112)99-57(58(109)43-41-39-37-35-33-31-20-18-16-14-12-10-8-2)52-126-90-78(121)76(119)81(64(50-104)131-90)133-93-80(123)87(139-95(94(124)125)45-59(110)67(96-54(4)106)85(138-95)71(114)60(111)46-100)82(65(51-105)132-93)134-88-68(97-55(5)107)84(73(116)61(47-101)128-88)136-92-79(122)86(74(117)63(49-103)130-92)137-89-69(98-56(6)108)83(72(115)62(48-102)129-89)135-91-77(120)75(118)70(113)53(3)127-91/h41,43,53,57-65,67-93,100-105,109-111,113-123H,7-40,42,44-52H2,1-6H3,(H,96,106)(H,97,107)(H,98,108)(H,99,112)(H,124,125)/b43-41+/t53?,57-,58+,59?,60+,61?,62?,63?,64?,65?,67+,68?,69?,70+,71+,72+,73-,74-,75?,76+,77-,78?,79?,80?,81+,82-,83+,84+,85?,86-,87+,88-,89-,90+,91+,92-,93-,95-/m0/s1. The van der Waals surface area contributed by atoms with Crippen LogP contribution < -0.4 is 21.3 Å². The van der Waals surface area contributed by atoms with Crippen molar-refractivity contribution in [2.45, 2.75) is 512 Å². The minimum atomic E-state index is -3.48. The van der Waals surface area contributed by atoms with E-state index in [2.05, 4.69) is 35.1 Å². The maximum atomic E-state index is 14.1. The van der Waals surface area contributed by atoms with E-state index in [1.807, 2.05) is 0 Å². The van der Waals surface area contributed by atoms with Gasteiger partial charge in [0.1, 0.15) is 159 Å². The van der Waals surface area contributed by atoms with Crippen LogP contribution in [0.3, 0.4) is 0 Å². The summed E-state index contributed by atoms with van der Waals surface area (Å²) >= 11 is 0. The number of carboxylic acid groups (broad SMARTS) is 1. The molecule has 0 aromatic heterocycles. The van der Waals surface area contributed by atoms with Gasteiger partial charge in [0.15, 0.2) is 37.7 Å². The molecule has 4 amide bonds. The van der Waals surface area contributed by atoms with Crippen LogP contribution in [0, 0.1) is 0 Å². The zero-order chi connectivity index (χ0) is 102. The zero-order valence-electron chi connectivity index (χ0n) is 81.8. The van der Waals surface area contributed by atoms with Crippen molar-refractivity contribution in [2.24, 2.45) is 0 Å². The van der Waals surface area contributed by atoms with Crippen LogP contribution in [-0.4, -0.2) is 416 Å². The van der Waals surface area contributed by atoms with Crippen LogP contribution in [0.25, 0.3) is 0 Å². The zero-order valence-corrected chi connectivity index (χ0v) is 81.8. The van der Waals surface area contributed by atoms with Crippen LogP contribution in [0.2, 0.25) is 0 Å². The van der Waals surface area contributed by atoms with Gasteiger partial charge in [-0.2, -0.15) is 0 Å². The highest BCUT2D eigenvalue weighted by molar-refractivity contribution is 5.77. The fourth-order valence-corrected chi connectivity index (χ4v) is 19.0. The summed E-state index contributed by atoms with van der Waals surface area (Å²) < 4.78 is 85.1. The third-order valence-electron chi connectivity index (χ3n) is 27.2. The second kappa shape index (κ2) is 64.1. The summed E-state index contributed by atoms with van der Waals surface area (Å²) in [6.45, 7) is 0.932. The molecule has 0 saturated carbocycles. The number of aliphatic hydroxyl groups is 20. The number of nitrogens with one attached hydrogen (secondary N) is 4. The van der Waals surface area contributed by atoms with Gasteiger partial charge in [0.25, 0.3) is 5.79 Å². The molecule has 7 aliphatic rings. The Morgan fingerprint density at radius 3 is 1.18 bits per heavy atom. The summed E-state index contributed by atoms with van der Waals surface area (Å²) in [6, 6.07) is -6.93. The Hall–Kier alpha value is -4.27. The number of hydrogen-bond donors (Lipinski definition) is 25. The number of hydrogen-bond acceptors (Lipinski definition) is 39. The third-order valence-corrected chi connectivity index (χ3v) is 27.2. The lowest BCUT2D eigenvalue weighted by Gasteiger charge is -2.53. The summed E-state index contributed by atoms with van der Waals surface area (Å²) in [5.41, 5.74) is 0. The quantitative estimate of drug-likeness (QED) is 0.0254. The number of amides is 4. The van der Waals surface area contributed by atoms with Crippen LogP contribution in [-0.2, 0) is 90.3 Å². The van der Waals surface area contributed by atoms with Crippen LogP contribution in [0.4, 0.5) is 0 Å². The van der Waals surface area contributed by atoms with Crippen molar-refractivity contribution in [3.8, 4) is 0 Å². The Balaban J connectivity index is 1.10. The van der Waals surface area contributed by atoms with Crippen LogP contribution >= 0.6 is 0 Å². The van der Waals surface area contributed by atoms with Gasteiger partial charge in [-0.25, -0.2) is 4.79 Å². The number of carbonyl (C=O) groups is 5. The van der Waals surface area contributed by atoms with E-state index in [-0.39, 0.29) is 6.42 Å². The maximum Gasteiger partial charge on any atom is 0.364 e. The summed E-state index contributed by atoms with van der Waals surface area (Å²) in [5.74, 6) is -8.93. The molecule has 7 fully saturated rings. The van der Waals surface area contributed by atoms with Crippen LogP contribution in [0.5, 0.6) is 0 Å². The molecule has 0 aromatic rings. The summed E-state index contributed by atoms with van der Waals surface area (Å²) in [6.07, 6.45) is -26.1. The smallest absolute Gasteiger partial charge is 0.364 e. The lowest BCUT2D eigenvalue weighted by molar-refractivity contribution is -0.404. The van der Waals surface area contributed by atoms with Crippen LogP contribution in [0.1, 0.15) is 279 Å². The van der Waals surface area contributed by atoms with Crippen molar-refractivity contribution >= 4 is 29.6 Å².